The van der Waals surface area contributed by atoms with Crippen LogP contribution in [0.15, 0.2) is 126 Å². The summed E-state index contributed by atoms with van der Waals surface area (Å²) in [6, 6.07) is 38.6. The fourth-order valence-electron chi connectivity index (χ4n) is 5.31. The minimum atomic E-state index is 0.613. The molecule has 4 heterocycles. The lowest BCUT2D eigenvalue weighted by atomic mass is 10.0. The number of hydrogen-bond acceptors (Lipinski definition) is 5. The van der Waals surface area contributed by atoms with Crippen LogP contribution in [-0.4, -0.2) is 19.9 Å². The first-order valence-electron chi connectivity index (χ1n) is 12.8. The molecule has 0 saturated heterocycles. The van der Waals surface area contributed by atoms with Gasteiger partial charge in [0.05, 0.1) is 16.9 Å². The summed E-state index contributed by atoms with van der Waals surface area (Å²) in [4.78, 5) is 19.8. The van der Waals surface area contributed by atoms with Crippen LogP contribution in [0.5, 0.6) is 0 Å². The Morgan fingerprint density at radius 3 is 2.10 bits per heavy atom. The van der Waals surface area contributed by atoms with Gasteiger partial charge in [0.25, 0.3) is 0 Å². The van der Waals surface area contributed by atoms with Crippen molar-refractivity contribution in [2.45, 2.75) is 0 Å². The molecule has 8 aromatic rings. The Hall–Kier alpha value is -5.42. The average molecular weight is 501 g/mol. The molecular formula is C34H20N4O. The predicted octanol–water partition coefficient (Wildman–Crippen LogP) is 8.47. The van der Waals surface area contributed by atoms with Crippen molar-refractivity contribution in [2.75, 3.05) is 0 Å². The number of hydrogen-bond donors (Lipinski definition) is 0. The standard InChI is InChI=1S/C34H20N4O/c1-2-10-21(11-3-1)30-33-32(26-15-7-9-17-29(26)39-33)38-34(37-30)22-18-19-35-28(20-22)31-25-14-5-4-12-23(25)24-13-6-8-16-27(24)36-31/h1-20H. The smallest absolute Gasteiger partial charge is 0.180 e. The molecule has 0 aliphatic heterocycles. The van der Waals surface area contributed by atoms with E-state index in [1.807, 2.05) is 91.0 Å². The predicted molar refractivity (Wildman–Crippen MR) is 156 cm³/mol. The summed E-state index contributed by atoms with van der Waals surface area (Å²) in [5, 5.41) is 4.30. The van der Waals surface area contributed by atoms with E-state index < -0.39 is 0 Å². The van der Waals surface area contributed by atoms with E-state index in [-0.39, 0.29) is 0 Å². The molecule has 0 unspecified atom stereocenters. The molecule has 0 aliphatic rings. The molecule has 0 bridgehead atoms. The molecule has 8 rings (SSSR count). The topological polar surface area (TPSA) is 64.7 Å². The number of pyridine rings is 2. The summed E-state index contributed by atoms with van der Waals surface area (Å²) in [5.74, 6) is 0.613. The van der Waals surface area contributed by atoms with E-state index in [9.17, 15) is 0 Å². The van der Waals surface area contributed by atoms with Crippen molar-refractivity contribution >= 4 is 43.7 Å². The first kappa shape index (κ1) is 21.6. The van der Waals surface area contributed by atoms with Gasteiger partial charge >= 0.3 is 0 Å². The summed E-state index contributed by atoms with van der Waals surface area (Å²) in [5.41, 5.74) is 7.42. The van der Waals surface area contributed by atoms with Gasteiger partial charge < -0.3 is 4.42 Å². The minimum absolute atomic E-state index is 0.613. The molecule has 0 spiro atoms. The number of nitrogens with zero attached hydrogens (tertiary/aromatic N) is 4. The highest BCUT2D eigenvalue weighted by Crippen LogP contribution is 2.36. The van der Waals surface area contributed by atoms with Gasteiger partial charge in [-0.1, -0.05) is 84.9 Å². The third-order valence-corrected chi connectivity index (χ3v) is 7.14. The van der Waals surface area contributed by atoms with Crippen LogP contribution in [0.4, 0.5) is 0 Å². The van der Waals surface area contributed by atoms with Gasteiger partial charge in [-0.25, -0.2) is 15.0 Å². The van der Waals surface area contributed by atoms with Crippen LogP contribution >= 0.6 is 0 Å². The highest BCUT2D eigenvalue weighted by atomic mass is 16.3. The van der Waals surface area contributed by atoms with Crippen LogP contribution in [0.3, 0.4) is 0 Å². The van der Waals surface area contributed by atoms with Crippen LogP contribution < -0.4 is 0 Å². The van der Waals surface area contributed by atoms with Gasteiger partial charge in [-0.15, -0.1) is 0 Å². The molecule has 0 aliphatic carbocycles. The van der Waals surface area contributed by atoms with Crippen molar-refractivity contribution in [1.82, 2.24) is 19.9 Å². The van der Waals surface area contributed by atoms with Crippen LogP contribution in [0.1, 0.15) is 0 Å². The molecule has 182 valence electrons. The van der Waals surface area contributed by atoms with E-state index in [4.69, 9.17) is 24.4 Å². The van der Waals surface area contributed by atoms with Gasteiger partial charge in [-0.3, -0.25) is 4.98 Å². The fourth-order valence-corrected chi connectivity index (χ4v) is 5.31. The number of aromatic nitrogens is 4. The number of benzene rings is 4. The Morgan fingerprint density at radius 1 is 0.513 bits per heavy atom. The van der Waals surface area contributed by atoms with Crippen LogP contribution in [0, 0.1) is 0 Å². The van der Waals surface area contributed by atoms with Crippen molar-refractivity contribution in [3.8, 4) is 34.0 Å². The second-order valence-electron chi connectivity index (χ2n) is 9.49. The highest BCUT2D eigenvalue weighted by molar-refractivity contribution is 6.11. The number of fused-ring (bicyclic) bond motifs is 6. The van der Waals surface area contributed by atoms with Crippen molar-refractivity contribution in [2.24, 2.45) is 0 Å². The summed E-state index contributed by atoms with van der Waals surface area (Å²) >= 11 is 0. The SMILES string of the molecule is c1ccc(-c2nc(-c3ccnc(-c4nc5ccccc5c5ccccc45)c3)nc3c2oc2ccccc23)cc1. The maximum absolute atomic E-state index is 6.26. The van der Waals surface area contributed by atoms with Gasteiger partial charge in [0.15, 0.2) is 11.4 Å². The first-order chi connectivity index (χ1) is 19.3. The third kappa shape index (κ3) is 3.48. The average Bonchev–Trinajstić information content (AvgIpc) is 3.39. The molecule has 39 heavy (non-hydrogen) atoms. The van der Waals surface area contributed by atoms with Gasteiger partial charge in [-0.05, 0) is 35.7 Å². The third-order valence-electron chi connectivity index (χ3n) is 7.14. The number of para-hydroxylation sites is 2. The Bertz CT molecular complexity index is 2180. The second-order valence-corrected chi connectivity index (χ2v) is 9.49. The molecule has 0 N–H and O–H groups in total. The largest absolute Gasteiger partial charge is 0.452 e. The van der Waals surface area contributed by atoms with Crippen LogP contribution in [-0.2, 0) is 0 Å². The Kier molecular flexibility index (Phi) is 4.76. The van der Waals surface area contributed by atoms with Gasteiger partial charge in [0, 0.05) is 33.5 Å². The van der Waals surface area contributed by atoms with Crippen molar-refractivity contribution in [3.05, 3.63) is 121 Å². The second kappa shape index (κ2) is 8.57. The summed E-state index contributed by atoms with van der Waals surface area (Å²) < 4.78 is 6.26. The zero-order valence-electron chi connectivity index (χ0n) is 20.7. The molecule has 0 saturated carbocycles. The molecule has 4 aromatic carbocycles. The van der Waals surface area contributed by atoms with E-state index in [2.05, 4.69) is 24.3 Å². The minimum Gasteiger partial charge on any atom is -0.452 e. The molecule has 5 nitrogen and oxygen atoms in total. The molecule has 0 atom stereocenters. The van der Waals surface area contributed by atoms with Gasteiger partial charge in [-0.2, -0.15) is 0 Å². The van der Waals surface area contributed by atoms with Gasteiger partial charge in [0.1, 0.15) is 16.8 Å². The quantitative estimate of drug-likeness (QED) is 0.228. The number of furan rings is 1. The molecular weight excluding hydrogens is 480 g/mol. The molecule has 0 amide bonds. The molecule has 4 aromatic heterocycles. The van der Waals surface area contributed by atoms with Crippen molar-refractivity contribution in [1.29, 1.82) is 0 Å². The monoisotopic (exact) mass is 500 g/mol. The lowest BCUT2D eigenvalue weighted by molar-refractivity contribution is 0.667. The van der Waals surface area contributed by atoms with E-state index in [0.717, 1.165) is 66.4 Å². The maximum atomic E-state index is 6.26. The van der Waals surface area contributed by atoms with E-state index in [0.29, 0.717) is 11.4 Å². The van der Waals surface area contributed by atoms with Crippen molar-refractivity contribution < 1.29 is 4.42 Å². The molecule has 5 heteroatoms. The summed E-state index contributed by atoms with van der Waals surface area (Å²) in [6.07, 6.45) is 1.81. The highest BCUT2D eigenvalue weighted by Gasteiger charge is 2.19. The van der Waals surface area contributed by atoms with Crippen molar-refractivity contribution in [3.63, 3.8) is 0 Å². The lowest BCUT2D eigenvalue weighted by Crippen LogP contribution is -1.96. The van der Waals surface area contributed by atoms with E-state index in [1.165, 1.54) is 0 Å². The summed E-state index contributed by atoms with van der Waals surface area (Å²) in [6.45, 7) is 0. The van der Waals surface area contributed by atoms with Crippen LogP contribution in [0.2, 0.25) is 0 Å². The molecule has 0 fully saturated rings. The zero-order valence-corrected chi connectivity index (χ0v) is 20.7. The Morgan fingerprint density at radius 2 is 1.23 bits per heavy atom. The van der Waals surface area contributed by atoms with E-state index in [1.54, 1.807) is 6.20 Å². The van der Waals surface area contributed by atoms with Crippen LogP contribution in [0.25, 0.3) is 77.8 Å². The van der Waals surface area contributed by atoms with E-state index >= 15 is 0 Å². The Labute approximate surface area is 223 Å². The fraction of sp³-hybridized carbons (Fsp3) is 0. The van der Waals surface area contributed by atoms with Gasteiger partial charge in [0.2, 0.25) is 0 Å². The normalized spacial score (nSPS) is 11.6. The zero-order chi connectivity index (χ0) is 25.8. The Balaban J connectivity index is 1.38. The first-order valence-corrected chi connectivity index (χ1v) is 12.8. The number of rotatable bonds is 3. The summed E-state index contributed by atoms with van der Waals surface area (Å²) in [7, 11) is 0. The lowest BCUT2D eigenvalue weighted by Gasteiger charge is -2.11. The maximum Gasteiger partial charge on any atom is 0.180 e. The molecule has 0 radical (unpaired) electrons.